The number of hydrogen-bond acceptors (Lipinski definition) is 3. The molecule has 4 nitrogen and oxygen atoms in total. The van der Waals surface area contributed by atoms with Crippen molar-refractivity contribution in [2.75, 3.05) is 7.05 Å². The maximum absolute atomic E-state index is 12.2. The largest absolute Gasteiger partial charge is 0.435 e. The molecule has 0 aliphatic heterocycles. The van der Waals surface area contributed by atoms with Crippen LogP contribution in [-0.4, -0.2) is 30.2 Å². The van der Waals surface area contributed by atoms with Gasteiger partial charge in [-0.3, -0.25) is 9.59 Å². The molecule has 0 heterocycles. The highest BCUT2D eigenvalue weighted by atomic mass is 19.3. The van der Waals surface area contributed by atoms with Gasteiger partial charge in [0.25, 0.3) is 5.91 Å². The van der Waals surface area contributed by atoms with Gasteiger partial charge in [0.1, 0.15) is 5.75 Å². The third kappa shape index (κ3) is 4.62. The number of hydrogen-bond donors (Lipinski definition) is 0. The number of amides is 1. The van der Waals surface area contributed by atoms with Gasteiger partial charge in [0.05, 0.1) is 0 Å². The van der Waals surface area contributed by atoms with E-state index in [0.29, 0.717) is 11.1 Å². The fourth-order valence-corrected chi connectivity index (χ4v) is 2.12. The number of nitrogens with zero attached hydrogens (tertiary/aromatic N) is 1. The molecule has 0 saturated heterocycles. The molecule has 0 bridgehead atoms. The Balaban J connectivity index is 2.00. The van der Waals surface area contributed by atoms with E-state index in [9.17, 15) is 18.4 Å². The molecule has 0 atom stereocenters. The summed E-state index contributed by atoms with van der Waals surface area (Å²) in [7, 11) is 1.51. The van der Waals surface area contributed by atoms with E-state index in [-0.39, 0.29) is 12.3 Å². The zero-order valence-corrected chi connectivity index (χ0v) is 13.3. The lowest BCUT2D eigenvalue weighted by atomic mass is 10.1. The minimum absolute atomic E-state index is 0.0402. The quantitative estimate of drug-likeness (QED) is 0.601. The third-order valence-electron chi connectivity index (χ3n) is 3.42. The van der Waals surface area contributed by atoms with Gasteiger partial charge < -0.3 is 9.64 Å². The summed E-state index contributed by atoms with van der Waals surface area (Å²) in [6.45, 7) is -0.804. The Kier molecular flexibility index (Phi) is 5.63. The number of likely N-dealkylation sites (N-methyl/N-ethyl adjacent to an activating group) is 1. The number of carbonyl (C=O) groups excluding carboxylic acids is 2. The molecule has 2 rings (SSSR count). The average molecular weight is 333 g/mol. The lowest BCUT2D eigenvalue weighted by Crippen LogP contribution is -2.32. The van der Waals surface area contributed by atoms with E-state index < -0.39 is 18.3 Å². The molecule has 2 aromatic rings. The second kappa shape index (κ2) is 7.68. The monoisotopic (exact) mass is 333 g/mol. The Morgan fingerprint density at radius 1 is 1.04 bits per heavy atom. The summed E-state index contributed by atoms with van der Waals surface area (Å²) in [5.41, 5.74) is 2.03. The number of aryl methyl sites for hydroxylation is 1. The average Bonchev–Trinajstić information content (AvgIpc) is 2.55. The van der Waals surface area contributed by atoms with Crippen LogP contribution in [0.2, 0.25) is 0 Å². The summed E-state index contributed by atoms with van der Waals surface area (Å²) < 4.78 is 28.5. The van der Waals surface area contributed by atoms with Crippen molar-refractivity contribution in [2.45, 2.75) is 20.1 Å². The van der Waals surface area contributed by atoms with E-state index >= 15 is 0 Å². The van der Waals surface area contributed by atoms with Crippen molar-refractivity contribution < 1.29 is 23.1 Å². The molecule has 0 saturated carbocycles. The number of alkyl halides is 2. The van der Waals surface area contributed by atoms with E-state index in [1.807, 2.05) is 6.92 Å². The Morgan fingerprint density at radius 2 is 1.62 bits per heavy atom. The van der Waals surface area contributed by atoms with Gasteiger partial charge in [0.2, 0.25) is 5.78 Å². The summed E-state index contributed by atoms with van der Waals surface area (Å²) in [6, 6.07) is 12.7. The molecular weight excluding hydrogens is 316 g/mol. The van der Waals surface area contributed by atoms with Crippen LogP contribution in [-0.2, 0) is 11.3 Å². The molecule has 24 heavy (non-hydrogen) atoms. The molecule has 0 aliphatic carbocycles. The summed E-state index contributed by atoms with van der Waals surface area (Å²) >= 11 is 0. The normalized spacial score (nSPS) is 10.5. The summed E-state index contributed by atoms with van der Waals surface area (Å²) in [6.07, 6.45) is 0. The lowest BCUT2D eigenvalue weighted by Gasteiger charge is -2.16. The molecule has 0 aliphatic rings. The van der Waals surface area contributed by atoms with E-state index in [2.05, 4.69) is 4.74 Å². The lowest BCUT2D eigenvalue weighted by molar-refractivity contribution is -0.125. The zero-order chi connectivity index (χ0) is 17.7. The maximum atomic E-state index is 12.2. The Morgan fingerprint density at radius 3 is 2.17 bits per heavy atom. The Hall–Kier alpha value is -2.76. The topological polar surface area (TPSA) is 46.6 Å². The first kappa shape index (κ1) is 17.6. The van der Waals surface area contributed by atoms with E-state index in [1.165, 1.54) is 24.1 Å². The number of Topliss-reactive ketones (excluding diaryl/α,β-unsaturated/α-hetero) is 1. The zero-order valence-electron chi connectivity index (χ0n) is 13.3. The SMILES string of the molecule is Cc1ccc(C(=O)C(=O)N(C)Cc2ccc(OC(F)F)cc2)cc1. The maximum Gasteiger partial charge on any atom is 0.387 e. The van der Waals surface area contributed by atoms with Crippen molar-refractivity contribution in [3.05, 3.63) is 65.2 Å². The van der Waals surface area contributed by atoms with Gasteiger partial charge in [-0.2, -0.15) is 8.78 Å². The van der Waals surface area contributed by atoms with Crippen molar-refractivity contribution in [1.82, 2.24) is 4.90 Å². The van der Waals surface area contributed by atoms with Crippen molar-refractivity contribution in [3.8, 4) is 5.75 Å². The van der Waals surface area contributed by atoms with Crippen LogP contribution in [0.25, 0.3) is 0 Å². The first-order valence-corrected chi connectivity index (χ1v) is 7.27. The highest BCUT2D eigenvalue weighted by Gasteiger charge is 2.20. The number of ketones is 1. The molecular formula is C18H17F2NO3. The number of ether oxygens (including phenoxy) is 1. The molecule has 2 aromatic carbocycles. The first-order chi connectivity index (χ1) is 11.4. The fraction of sp³-hybridized carbons (Fsp3) is 0.222. The molecule has 1 amide bonds. The highest BCUT2D eigenvalue weighted by molar-refractivity contribution is 6.42. The first-order valence-electron chi connectivity index (χ1n) is 7.27. The summed E-state index contributed by atoms with van der Waals surface area (Å²) in [5, 5.41) is 0. The van der Waals surface area contributed by atoms with Gasteiger partial charge in [-0.05, 0) is 24.6 Å². The molecule has 0 aromatic heterocycles. The molecule has 0 unspecified atom stereocenters. The molecule has 126 valence electrons. The Labute approximate surface area is 138 Å². The standard InChI is InChI=1S/C18H17F2NO3/c1-12-3-7-14(8-4-12)16(22)17(23)21(2)11-13-5-9-15(10-6-13)24-18(19)20/h3-10,18H,11H2,1-2H3. The number of rotatable bonds is 6. The van der Waals surface area contributed by atoms with Crippen LogP contribution in [0.1, 0.15) is 21.5 Å². The molecule has 0 fully saturated rings. The molecule has 0 radical (unpaired) electrons. The van der Waals surface area contributed by atoms with E-state index in [0.717, 1.165) is 5.56 Å². The predicted octanol–water partition coefficient (Wildman–Crippen LogP) is 3.44. The number of halogens is 2. The van der Waals surface area contributed by atoms with Crippen LogP contribution in [0.15, 0.2) is 48.5 Å². The molecule has 6 heteroatoms. The van der Waals surface area contributed by atoms with Gasteiger partial charge in [-0.1, -0.05) is 42.0 Å². The van der Waals surface area contributed by atoms with Crippen LogP contribution >= 0.6 is 0 Å². The molecule has 0 spiro atoms. The third-order valence-corrected chi connectivity index (χ3v) is 3.42. The minimum Gasteiger partial charge on any atom is -0.435 e. The van der Waals surface area contributed by atoms with E-state index in [1.54, 1.807) is 36.4 Å². The van der Waals surface area contributed by atoms with Crippen LogP contribution in [0.5, 0.6) is 5.75 Å². The van der Waals surface area contributed by atoms with Crippen molar-refractivity contribution >= 4 is 11.7 Å². The van der Waals surface area contributed by atoms with Crippen molar-refractivity contribution in [3.63, 3.8) is 0 Å². The van der Waals surface area contributed by atoms with Crippen LogP contribution in [0.3, 0.4) is 0 Å². The van der Waals surface area contributed by atoms with Crippen molar-refractivity contribution in [2.24, 2.45) is 0 Å². The van der Waals surface area contributed by atoms with Gasteiger partial charge in [0, 0.05) is 19.2 Å². The van der Waals surface area contributed by atoms with Gasteiger partial charge in [-0.15, -0.1) is 0 Å². The number of carbonyl (C=O) groups is 2. The molecule has 0 N–H and O–H groups in total. The van der Waals surface area contributed by atoms with Gasteiger partial charge in [0.15, 0.2) is 0 Å². The predicted molar refractivity (Wildman–Crippen MR) is 85.1 cm³/mol. The van der Waals surface area contributed by atoms with E-state index in [4.69, 9.17) is 0 Å². The minimum atomic E-state index is -2.88. The van der Waals surface area contributed by atoms with Crippen LogP contribution in [0.4, 0.5) is 8.78 Å². The number of benzene rings is 2. The summed E-state index contributed by atoms with van der Waals surface area (Å²) in [5.74, 6) is -1.18. The summed E-state index contributed by atoms with van der Waals surface area (Å²) in [4.78, 5) is 25.6. The van der Waals surface area contributed by atoms with Gasteiger partial charge in [-0.25, -0.2) is 0 Å². The van der Waals surface area contributed by atoms with Crippen molar-refractivity contribution in [1.29, 1.82) is 0 Å². The van der Waals surface area contributed by atoms with Crippen LogP contribution < -0.4 is 4.74 Å². The van der Waals surface area contributed by atoms with Crippen LogP contribution in [0, 0.1) is 6.92 Å². The van der Waals surface area contributed by atoms with Gasteiger partial charge >= 0.3 is 6.61 Å². The smallest absolute Gasteiger partial charge is 0.387 e. The second-order valence-corrected chi connectivity index (χ2v) is 5.38. The highest BCUT2D eigenvalue weighted by Crippen LogP contribution is 2.16. The Bertz CT molecular complexity index is 712. The second-order valence-electron chi connectivity index (χ2n) is 5.38. The fourth-order valence-electron chi connectivity index (χ4n) is 2.12.